The van der Waals surface area contributed by atoms with E-state index in [4.69, 9.17) is 0 Å². The molecule has 3 heteroatoms. The van der Waals surface area contributed by atoms with Crippen LogP contribution < -0.4 is 9.80 Å². The van der Waals surface area contributed by atoms with E-state index in [-0.39, 0.29) is 5.92 Å². The molecule has 0 radical (unpaired) electrons. The fraction of sp³-hybridized carbons (Fsp3) is 0.0182. The second-order valence-corrected chi connectivity index (χ2v) is 15.3. The van der Waals surface area contributed by atoms with Crippen molar-refractivity contribution >= 4 is 55.9 Å². The molecule has 10 aromatic rings. The molecule has 3 heterocycles. The number of para-hydroxylation sites is 4. The summed E-state index contributed by atoms with van der Waals surface area (Å²) in [5, 5.41) is 2.50. The lowest BCUT2D eigenvalue weighted by Gasteiger charge is -2.45. The molecule has 1 aromatic heterocycles. The summed E-state index contributed by atoms with van der Waals surface area (Å²) in [6.45, 7) is 0. The van der Waals surface area contributed by atoms with Gasteiger partial charge in [0.15, 0.2) is 0 Å². The van der Waals surface area contributed by atoms with E-state index in [0.717, 1.165) is 17.1 Å². The third-order valence-corrected chi connectivity index (χ3v) is 12.1. The van der Waals surface area contributed by atoms with Gasteiger partial charge in [-0.05, 0) is 106 Å². The predicted molar refractivity (Wildman–Crippen MR) is 242 cm³/mol. The zero-order chi connectivity index (χ0) is 38.2. The van der Waals surface area contributed by atoms with Crippen LogP contribution in [0.25, 0.3) is 49.7 Å². The van der Waals surface area contributed by atoms with Crippen LogP contribution in [0, 0.1) is 0 Å². The Bertz CT molecular complexity index is 2960. The first kappa shape index (κ1) is 32.6. The number of rotatable bonds is 5. The Labute approximate surface area is 337 Å². The quantitative estimate of drug-likeness (QED) is 0.174. The highest BCUT2D eigenvalue weighted by Crippen LogP contribution is 2.61. The molecule has 0 atom stereocenters. The van der Waals surface area contributed by atoms with Gasteiger partial charge in [0.1, 0.15) is 0 Å². The van der Waals surface area contributed by atoms with Crippen molar-refractivity contribution in [2.24, 2.45) is 0 Å². The zero-order valence-electron chi connectivity index (χ0n) is 31.7. The Morgan fingerprint density at radius 1 is 0.293 bits per heavy atom. The van der Waals surface area contributed by atoms with Crippen molar-refractivity contribution < 1.29 is 0 Å². The molecule has 0 fully saturated rings. The van der Waals surface area contributed by atoms with Crippen molar-refractivity contribution in [3.8, 4) is 27.9 Å². The molecule has 0 unspecified atom stereocenters. The Balaban J connectivity index is 1.23. The smallest absolute Gasteiger partial charge is 0.0545 e. The van der Waals surface area contributed by atoms with Gasteiger partial charge in [-0.3, -0.25) is 0 Å². The maximum atomic E-state index is 2.51. The van der Waals surface area contributed by atoms with Crippen molar-refractivity contribution in [2.75, 3.05) is 9.80 Å². The molecule has 9 aromatic carbocycles. The highest BCUT2D eigenvalue weighted by atomic mass is 15.2. The molecule has 3 nitrogen and oxygen atoms in total. The standard InChI is InChI=1S/C55H37N3/c1-5-17-37(18-6-1)39-29-31-50-46(33-39)54-47-34-40(38-19-7-2-8-20-38)30-32-51(47)57(42-23-11-4-12-24-42)53-36-43(35-52(55(53)54)56(50)41-21-9-3-10-22-41)58-48-27-15-13-25-44(48)45-26-14-16-28-49(45)58/h1-36,54H. The molecule has 0 N–H and O–H groups in total. The Morgan fingerprint density at radius 3 is 1.14 bits per heavy atom. The number of aromatic nitrogens is 1. The van der Waals surface area contributed by atoms with Crippen LogP contribution in [0.15, 0.2) is 218 Å². The Morgan fingerprint density at radius 2 is 0.690 bits per heavy atom. The van der Waals surface area contributed by atoms with Gasteiger partial charge in [-0.15, -0.1) is 0 Å². The highest BCUT2D eigenvalue weighted by Gasteiger charge is 2.42. The van der Waals surface area contributed by atoms with Gasteiger partial charge in [-0.2, -0.15) is 0 Å². The van der Waals surface area contributed by atoms with Crippen LogP contribution in [-0.2, 0) is 0 Å². The SMILES string of the molecule is c1ccc(-c2ccc3c(c2)C2c4cc(-c5ccccc5)ccc4N(c4ccccc4)c4cc(-n5c6ccccc6c6ccccc65)cc(c42)N3c2ccccc2)cc1. The molecule has 12 rings (SSSR count). The molecule has 2 aliphatic rings. The van der Waals surface area contributed by atoms with Gasteiger partial charge in [0.05, 0.1) is 39.5 Å². The summed E-state index contributed by atoms with van der Waals surface area (Å²) in [6, 6.07) is 80.1. The van der Waals surface area contributed by atoms with Crippen molar-refractivity contribution in [1.82, 2.24) is 4.57 Å². The van der Waals surface area contributed by atoms with Crippen LogP contribution in [0.3, 0.4) is 0 Å². The normalized spacial score (nSPS) is 13.0. The third-order valence-electron chi connectivity index (χ3n) is 12.1. The van der Waals surface area contributed by atoms with Crippen molar-refractivity contribution in [3.63, 3.8) is 0 Å². The summed E-state index contributed by atoms with van der Waals surface area (Å²) in [7, 11) is 0. The number of benzene rings is 9. The van der Waals surface area contributed by atoms with Crippen molar-refractivity contribution in [1.29, 1.82) is 0 Å². The number of hydrogen-bond acceptors (Lipinski definition) is 2. The minimum atomic E-state index is -0.0329. The summed E-state index contributed by atoms with van der Waals surface area (Å²) in [5.74, 6) is -0.0329. The van der Waals surface area contributed by atoms with Gasteiger partial charge in [-0.1, -0.05) is 146 Å². The molecule has 2 aliphatic heterocycles. The van der Waals surface area contributed by atoms with E-state index < -0.39 is 0 Å². The first-order chi connectivity index (χ1) is 28.8. The van der Waals surface area contributed by atoms with Crippen LogP contribution in [-0.4, -0.2) is 4.57 Å². The van der Waals surface area contributed by atoms with E-state index in [1.165, 1.54) is 83.5 Å². The van der Waals surface area contributed by atoms with E-state index in [0.29, 0.717) is 0 Å². The van der Waals surface area contributed by atoms with Crippen LogP contribution >= 0.6 is 0 Å². The summed E-state index contributed by atoms with van der Waals surface area (Å²) < 4.78 is 2.46. The molecule has 0 spiro atoms. The summed E-state index contributed by atoms with van der Waals surface area (Å²) in [6.07, 6.45) is 0. The maximum absolute atomic E-state index is 2.51. The van der Waals surface area contributed by atoms with Crippen molar-refractivity contribution in [2.45, 2.75) is 5.92 Å². The second-order valence-electron chi connectivity index (χ2n) is 15.3. The molecule has 58 heavy (non-hydrogen) atoms. The van der Waals surface area contributed by atoms with E-state index in [1.807, 2.05) is 0 Å². The van der Waals surface area contributed by atoms with Crippen LogP contribution in [0.2, 0.25) is 0 Å². The molecule has 272 valence electrons. The minimum Gasteiger partial charge on any atom is -0.310 e. The number of fused-ring (bicyclic) bond motifs is 7. The summed E-state index contributed by atoms with van der Waals surface area (Å²) >= 11 is 0. The number of anilines is 6. The monoisotopic (exact) mass is 739 g/mol. The van der Waals surface area contributed by atoms with Gasteiger partial charge >= 0.3 is 0 Å². The van der Waals surface area contributed by atoms with Crippen molar-refractivity contribution in [3.05, 3.63) is 235 Å². The third kappa shape index (κ3) is 4.93. The molecule has 0 saturated heterocycles. The minimum absolute atomic E-state index is 0.0329. The molecular weight excluding hydrogens is 703 g/mol. The summed E-state index contributed by atoms with van der Waals surface area (Å²) in [4.78, 5) is 5.01. The van der Waals surface area contributed by atoms with Gasteiger partial charge in [0, 0.05) is 33.6 Å². The highest BCUT2D eigenvalue weighted by molar-refractivity contribution is 6.10. The average molecular weight is 740 g/mol. The van der Waals surface area contributed by atoms with Crippen LogP contribution in [0.1, 0.15) is 22.6 Å². The molecular formula is C55H37N3. The van der Waals surface area contributed by atoms with Crippen LogP contribution in [0.5, 0.6) is 0 Å². The van der Waals surface area contributed by atoms with Gasteiger partial charge in [0.25, 0.3) is 0 Å². The van der Waals surface area contributed by atoms with Crippen LogP contribution in [0.4, 0.5) is 34.1 Å². The second kappa shape index (κ2) is 13.0. The number of hydrogen-bond donors (Lipinski definition) is 0. The van der Waals surface area contributed by atoms with E-state index in [1.54, 1.807) is 0 Å². The van der Waals surface area contributed by atoms with E-state index in [2.05, 4.69) is 233 Å². The maximum Gasteiger partial charge on any atom is 0.0545 e. The zero-order valence-corrected chi connectivity index (χ0v) is 31.7. The molecule has 0 bridgehead atoms. The van der Waals surface area contributed by atoms with Gasteiger partial charge in [0.2, 0.25) is 0 Å². The van der Waals surface area contributed by atoms with Gasteiger partial charge < -0.3 is 14.4 Å². The fourth-order valence-electron chi connectivity index (χ4n) is 9.65. The first-order valence-electron chi connectivity index (χ1n) is 20.1. The predicted octanol–water partition coefficient (Wildman–Crippen LogP) is 14.9. The Kier molecular flexibility index (Phi) is 7.29. The first-order valence-corrected chi connectivity index (χ1v) is 20.1. The van der Waals surface area contributed by atoms with Gasteiger partial charge in [-0.25, -0.2) is 0 Å². The lowest BCUT2D eigenvalue weighted by Crippen LogP contribution is -2.29. The topological polar surface area (TPSA) is 11.4 Å². The molecule has 0 aliphatic carbocycles. The lowest BCUT2D eigenvalue weighted by atomic mass is 9.74. The lowest BCUT2D eigenvalue weighted by molar-refractivity contribution is 0.907. The fourth-order valence-corrected chi connectivity index (χ4v) is 9.65. The van der Waals surface area contributed by atoms with E-state index in [9.17, 15) is 0 Å². The molecule has 0 amide bonds. The molecule has 0 saturated carbocycles. The number of nitrogens with zero attached hydrogens (tertiary/aromatic N) is 3. The average Bonchev–Trinajstić information content (AvgIpc) is 3.64. The van der Waals surface area contributed by atoms with E-state index >= 15 is 0 Å². The summed E-state index contributed by atoms with van der Waals surface area (Å²) in [5.41, 5.74) is 19.3. The Hall–Kier alpha value is -7.62. The largest absolute Gasteiger partial charge is 0.310 e.